The van der Waals surface area contributed by atoms with Crippen LogP contribution in [-0.4, -0.2) is 16.0 Å². The summed E-state index contributed by atoms with van der Waals surface area (Å²) in [6.45, 7) is 0. The molecule has 7 heteroatoms. The Morgan fingerprint density at radius 1 is 1.44 bits per heavy atom. The third kappa shape index (κ3) is 1.65. The molecule has 0 aliphatic carbocycles. The molecule has 82 valence electrons. The minimum absolute atomic E-state index is 0.128. The van der Waals surface area contributed by atoms with Crippen LogP contribution in [0.1, 0.15) is 10.6 Å². The fourth-order valence-electron chi connectivity index (χ4n) is 1.31. The maximum absolute atomic E-state index is 10.7. The first-order valence-electron chi connectivity index (χ1n) is 4.10. The second-order valence-corrected chi connectivity index (χ2v) is 3.87. The van der Waals surface area contributed by atoms with Gasteiger partial charge in [-0.1, -0.05) is 0 Å². The molecule has 0 spiro atoms. The number of carboxylic acid groups (broad SMARTS) is 1. The van der Waals surface area contributed by atoms with E-state index in [1.165, 1.54) is 18.2 Å². The Balaban J connectivity index is 2.72. The number of rotatable bonds is 2. The van der Waals surface area contributed by atoms with E-state index < -0.39 is 10.9 Å². The lowest BCUT2D eigenvalue weighted by Crippen LogP contribution is -1.91. The quantitative estimate of drug-likeness (QED) is 0.676. The summed E-state index contributed by atoms with van der Waals surface area (Å²) in [5, 5.41) is 19.7. The van der Waals surface area contributed by atoms with Crippen LogP contribution in [0.2, 0.25) is 0 Å². The Bertz CT molecular complexity index is 603. The van der Waals surface area contributed by atoms with Gasteiger partial charge < -0.3 is 9.52 Å². The summed E-state index contributed by atoms with van der Waals surface area (Å²) in [7, 11) is 0. The molecule has 2 rings (SSSR count). The number of non-ortho nitro benzene ring substituents is 1. The van der Waals surface area contributed by atoms with Gasteiger partial charge in [-0.05, 0) is 22.0 Å². The Hall–Kier alpha value is -1.89. The summed E-state index contributed by atoms with van der Waals surface area (Å²) in [6.07, 6.45) is 0. The summed E-state index contributed by atoms with van der Waals surface area (Å²) in [5.74, 6) is -1.47. The fourth-order valence-corrected chi connectivity index (χ4v) is 1.85. The topological polar surface area (TPSA) is 93.6 Å². The van der Waals surface area contributed by atoms with Crippen molar-refractivity contribution >= 4 is 38.6 Å². The molecule has 1 aromatic carbocycles. The molecule has 0 amide bonds. The molecular formula is C9H4BrNO5. The molecule has 0 fully saturated rings. The minimum Gasteiger partial charge on any atom is -0.475 e. The number of aromatic carboxylic acids is 1. The first kappa shape index (κ1) is 10.6. The number of hydrogen-bond acceptors (Lipinski definition) is 4. The van der Waals surface area contributed by atoms with E-state index >= 15 is 0 Å². The van der Waals surface area contributed by atoms with Crippen molar-refractivity contribution in [3.05, 3.63) is 38.5 Å². The van der Waals surface area contributed by atoms with Crippen molar-refractivity contribution < 1.29 is 19.2 Å². The van der Waals surface area contributed by atoms with Gasteiger partial charge in [-0.25, -0.2) is 4.79 Å². The number of carbonyl (C=O) groups is 1. The van der Waals surface area contributed by atoms with Crippen LogP contribution >= 0.6 is 15.9 Å². The predicted molar refractivity (Wildman–Crippen MR) is 57.5 cm³/mol. The lowest BCUT2D eigenvalue weighted by molar-refractivity contribution is -0.384. The van der Waals surface area contributed by atoms with Crippen LogP contribution in [0.15, 0.2) is 27.1 Å². The van der Waals surface area contributed by atoms with Crippen LogP contribution in [0.4, 0.5) is 5.69 Å². The zero-order valence-corrected chi connectivity index (χ0v) is 9.22. The maximum Gasteiger partial charge on any atom is 0.371 e. The Labute approximate surface area is 96.7 Å². The number of furan rings is 1. The average molecular weight is 286 g/mol. The molecule has 6 nitrogen and oxygen atoms in total. The van der Waals surface area contributed by atoms with Crippen molar-refractivity contribution in [1.82, 2.24) is 0 Å². The molecule has 0 atom stereocenters. The normalized spacial score (nSPS) is 10.6. The zero-order valence-electron chi connectivity index (χ0n) is 7.64. The van der Waals surface area contributed by atoms with Crippen molar-refractivity contribution in [2.24, 2.45) is 0 Å². The highest BCUT2D eigenvalue weighted by Crippen LogP contribution is 2.31. The lowest BCUT2D eigenvalue weighted by atomic mass is 10.2. The number of nitrogens with zero attached hydrogens (tertiary/aromatic N) is 1. The van der Waals surface area contributed by atoms with Crippen LogP contribution in [0.5, 0.6) is 0 Å². The van der Waals surface area contributed by atoms with E-state index in [4.69, 9.17) is 9.52 Å². The van der Waals surface area contributed by atoms with Crippen molar-refractivity contribution in [2.45, 2.75) is 0 Å². The number of halogens is 1. The van der Waals surface area contributed by atoms with Gasteiger partial charge in [0.1, 0.15) is 5.58 Å². The molecule has 0 unspecified atom stereocenters. The molecule has 0 bridgehead atoms. The first-order valence-corrected chi connectivity index (χ1v) is 4.89. The second kappa shape index (κ2) is 3.60. The van der Waals surface area contributed by atoms with E-state index in [0.29, 0.717) is 9.86 Å². The van der Waals surface area contributed by atoms with Gasteiger partial charge in [-0.3, -0.25) is 10.1 Å². The predicted octanol–water partition coefficient (Wildman–Crippen LogP) is 2.80. The first-order chi connectivity index (χ1) is 7.49. The number of fused-ring (bicyclic) bond motifs is 1. The summed E-state index contributed by atoms with van der Waals surface area (Å²) in [6, 6.07) is 3.77. The molecule has 0 aliphatic rings. The van der Waals surface area contributed by atoms with Gasteiger partial charge in [0.25, 0.3) is 5.69 Å². The van der Waals surface area contributed by atoms with Crippen LogP contribution in [0.25, 0.3) is 11.0 Å². The molecule has 1 N–H and O–H groups in total. The van der Waals surface area contributed by atoms with Crippen LogP contribution in [0.3, 0.4) is 0 Å². The van der Waals surface area contributed by atoms with Crippen molar-refractivity contribution in [3.63, 3.8) is 0 Å². The highest BCUT2D eigenvalue weighted by molar-refractivity contribution is 9.10. The molecule has 2 aromatic rings. The monoisotopic (exact) mass is 285 g/mol. The summed E-state index contributed by atoms with van der Waals surface area (Å²) in [5.41, 5.74) is 0.153. The number of carboxylic acids is 1. The maximum atomic E-state index is 10.7. The van der Waals surface area contributed by atoms with Gasteiger partial charge >= 0.3 is 5.97 Å². The van der Waals surface area contributed by atoms with Crippen LogP contribution in [-0.2, 0) is 0 Å². The number of hydrogen-bond donors (Lipinski definition) is 1. The van der Waals surface area contributed by atoms with E-state index in [1.807, 2.05) is 0 Å². The van der Waals surface area contributed by atoms with Gasteiger partial charge in [0.15, 0.2) is 0 Å². The van der Waals surface area contributed by atoms with E-state index in [1.54, 1.807) is 0 Å². The molecule has 16 heavy (non-hydrogen) atoms. The number of nitro benzene ring substituents is 1. The Morgan fingerprint density at radius 2 is 2.12 bits per heavy atom. The average Bonchev–Trinajstić information content (AvgIpc) is 2.61. The summed E-state index contributed by atoms with van der Waals surface area (Å²) in [4.78, 5) is 20.7. The second-order valence-electron chi connectivity index (χ2n) is 3.02. The molecular weight excluding hydrogens is 282 g/mol. The molecule has 1 aromatic heterocycles. The van der Waals surface area contributed by atoms with E-state index in [2.05, 4.69) is 15.9 Å². The Kier molecular flexibility index (Phi) is 2.39. The van der Waals surface area contributed by atoms with Crippen molar-refractivity contribution in [3.8, 4) is 0 Å². The third-order valence-electron chi connectivity index (χ3n) is 1.98. The zero-order chi connectivity index (χ0) is 11.9. The van der Waals surface area contributed by atoms with Gasteiger partial charge in [0.05, 0.1) is 9.40 Å². The van der Waals surface area contributed by atoms with E-state index in [0.717, 1.165) is 0 Å². The largest absolute Gasteiger partial charge is 0.475 e. The third-order valence-corrected chi connectivity index (χ3v) is 2.57. The molecule has 0 aliphatic heterocycles. The van der Waals surface area contributed by atoms with Crippen molar-refractivity contribution in [1.29, 1.82) is 0 Å². The standard InChI is InChI=1S/C9H4BrNO5/c10-6-3-5(11(14)15)1-4-2-7(9(12)13)16-8(4)6/h1-3H,(H,12,13). The summed E-state index contributed by atoms with van der Waals surface area (Å²) >= 11 is 3.09. The Morgan fingerprint density at radius 3 is 2.69 bits per heavy atom. The molecule has 0 radical (unpaired) electrons. The van der Waals surface area contributed by atoms with E-state index in [-0.39, 0.29) is 17.0 Å². The van der Waals surface area contributed by atoms with Crippen LogP contribution in [0, 0.1) is 10.1 Å². The van der Waals surface area contributed by atoms with Gasteiger partial charge in [-0.2, -0.15) is 0 Å². The highest BCUT2D eigenvalue weighted by Gasteiger charge is 2.16. The number of nitro groups is 1. The summed E-state index contributed by atoms with van der Waals surface area (Å²) < 4.78 is 5.38. The lowest BCUT2D eigenvalue weighted by Gasteiger charge is -1.93. The molecule has 0 saturated carbocycles. The molecule has 0 saturated heterocycles. The van der Waals surface area contributed by atoms with Crippen LogP contribution < -0.4 is 0 Å². The smallest absolute Gasteiger partial charge is 0.371 e. The minimum atomic E-state index is -1.22. The number of benzene rings is 1. The fraction of sp³-hybridized carbons (Fsp3) is 0. The van der Waals surface area contributed by atoms with E-state index in [9.17, 15) is 14.9 Å². The molecule has 1 heterocycles. The van der Waals surface area contributed by atoms with Gasteiger partial charge in [0.2, 0.25) is 5.76 Å². The SMILES string of the molecule is O=C(O)c1cc2cc([N+](=O)[O-])cc(Br)c2o1. The van der Waals surface area contributed by atoms with Gasteiger partial charge in [-0.15, -0.1) is 0 Å². The van der Waals surface area contributed by atoms with Gasteiger partial charge in [0, 0.05) is 17.5 Å². The highest BCUT2D eigenvalue weighted by atomic mass is 79.9. The van der Waals surface area contributed by atoms with Crippen molar-refractivity contribution in [2.75, 3.05) is 0 Å².